The maximum atomic E-state index is 10.9. The maximum absolute atomic E-state index is 10.9. The molecule has 0 amide bonds. The van der Waals surface area contributed by atoms with Crippen molar-refractivity contribution in [1.29, 1.82) is 0 Å². The summed E-state index contributed by atoms with van der Waals surface area (Å²) >= 11 is 0. The number of carbonyl (C=O) groups is 1. The van der Waals surface area contributed by atoms with E-state index in [1.807, 2.05) is 0 Å². The number of nitrogens with two attached hydrogens (primary N) is 1. The second-order valence-electron chi connectivity index (χ2n) is 3.48. The molecule has 0 aliphatic heterocycles. The molecule has 4 nitrogen and oxygen atoms in total. The van der Waals surface area contributed by atoms with Crippen LogP contribution in [0.4, 0.5) is 0 Å². The predicted octanol–water partition coefficient (Wildman–Crippen LogP) is 1.04. The Hall–Kier alpha value is -1.55. The summed E-state index contributed by atoms with van der Waals surface area (Å²) in [7, 11) is 0. The number of carboxylic acids is 1. The van der Waals surface area contributed by atoms with Crippen LogP contribution in [-0.2, 0) is 6.42 Å². The van der Waals surface area contributed by atoms with E-state index in [4.69, 9.17) is 10.8 Å². The molecule has 2 rings (SSSR count). The van der Waals surface area contributed by atoms with Crippen LogP contribution < -0.4 is 5.73 Å². The number of fused-ring (bicyclic) bond motifs is 1. The highest BCUT2D eigenvalue weighted by atomic mass is 16.4. The van der Waals surface area contributed by atoms with Crippen LogP contribution in [0, 0.1) is 0 Å². The molecule has 0 bridgehead atoms. The van der Waals surface area contributed by atoms with Crippen LogP contribution in [0.15, 0.2) is 12.1 Å². The fourth-order valence-electron chi connectivity index (χ4n) is 1.97. The topological polar surface area (TPSA) is 83.5 Å². The number of hydrogen-bond donors (Lipinski definition) is 3. The number of rotatable bonds is 1. The maximum Gasteiger partial charge on any atom is 0.339 e. The first-order valence-corrected chi connectivity index (χ1v) is 4.45. The molecule has 1 aliphatic rings. The van der Waals surface area contributed by atoms with Gasteiger partial charge in [-0.3, -0.25) is 0 Å². The third kappa shape index (κ3) is 1.15. The highest BCUT2D eigenvalue weighted by Crippen LogP contribution is 2.36. The quantitative estimate of drug-likeness (QED) is 0.622. The predicted molar refractivity (Wildman–Crippen MR) is 50.3 cm³/mol. The van der Waals surface area contributed by atoms with Crippen molar-refractivity contribution in [2.24, 2.45) is 5.73 Å². The Kier molecular flexibility index (Phi) is 1.93. The highest BCUT2D eigenvalue weighted by Gasteiger charge is 2.27. The van der Waals surface area contributed by atoms with E-state index in [0.29, 0.717) is 5.56 Å². The lowest BCUT2D eigenvalue weighted by Crippen LogP contribution is -2.11. The van der Waals surface area contributed by atoms with E-state index in [-0.39, 0.29) is 17.4 Å². The minimum Gasteiger partial charge on any atom is -0.507 e. The minimum atomic E-state index is -1.11. The van der Waals surface area contributed by atoms with Gasteiger partial charge in [-0.15, -0.1) is 0 Å². The normalized spacial score (nSPS) is 19.4. The van der Waals surface area contributed by atoms with Gasteiger partial charge in [0.2, 0.25) is 0 Å². The molecular weight excluding hydrogens is 182 g/mol. The number of aromatic carboxylic acids is 1. The van der Waals surface area contributed by atoms with E-state index in [9.17, 15) is 9.90 Å². The van der Waals surface area contributed by atoms with Crippen molar-refractivity contribution in [3.8, 4) is 5.75 Å². The minimum absolute atomic E-state index is 0.0347. The molecule has 0 unspecified atom stereocenters. The van der Waals surface area contributed by atoms with Gasteiger partial charge < -0.3 is 15.9 Å². The zero-order valence-electron chi connectivity index (χ0n) is 7.53. The zero-order valence-corrected chi connectivity index (χ0v) is 7.53. The van der Waals surface area contributed by atoms with E-state index >= 15 is 0 Å². The molecule has 4 N–H and O–H groups in total. The van der Waals surface area contributed by atoms with Crippen LogP contribution in [0.25, 0.3) is 0 Å². The SMILES string of the molecule is N[C@H]1CCc2ccc(O)c(C(=O)O)c21. The number of phenols is 1. The van der Waals surface area contributed by atoms with Gasteiger partial charge in [-0.25, -0.2) is 4.79 Å². The van der Waals surface area contributed by atoms with Gasteiger partial charge in [0.25, 0.3) is 0 Å². The number of aryl methyl sites for hydroxylation is 1. The van der Waals surface area contributed by atoms with Crippen molar-refractivity contribution in [2.75, 3.05) is 0 Å². The molecule has 14 heavy (non-hydrogen) atoms. The molecule has 1 atom stereocenters. The van der Waals surface area contributed by atoms with E-state index in [2.05, 4.69) is 0 Å². The van der Waals surface area contributed by atoms with Crippen LogP contribution in [0.1, 0.15) is 33.9 Å². The number of carboxylic acid groups (broad SMARTS) is 1. The van der Waals surface area contributed by atoms with Crippen molar-refractivity contribution in [3.05, 3.63) is 28.8 Å². The van der Waals surface area contributed by atoms with Gasteiger partial charge in [0.05, 0.1) is 0 Å². The van der Waals surface area contributed by atoms with Gasteiger partial charge in [0.15, 0.2) is 0 Å². The molecule has 0 saturated heterocycles. The van der Waals surface area contributed by atoms with Crippen LogP contribution in [-0.4, -0.2) is 16.2 Å². The molecule has 1 aliphatic carbocycles. The molecule has 0 heterocycles. The largest absolute Gasteiger partial charge is 0.507 e. The second-order valence-corrected chi connectivity index (χ2v) is 3.48. The summed E-state index contributed by atoms with van der Waals surface area (Å²) in [4.78, 5) is 10.9. The lowest BCUT2D eigenvalue weighted by atomic mass is 10.0. The Balaban J connectivity index is 2.68. The molecule has 0 fully saturated rings. The van der Waals surface area contributed by atoms with Gasteiger partial charge in [-0.1, -0.05) is 6.07 Å². The zero-order chi connectivity index (χ0) is 10.3. The lowest BCUT2D eigenvalue weighted by molar-refractivity contribution is 0.0692. The summed E-state index contributed by atoms with van der Waals surface area (Å²) < 4.78 is 0. The third-order valence-corrected chi connectivity index (χ3v) is 2.62. The lowest BCUT2D eigenvalue weighted by Gasteiger charge is -2.10. The Morgan fingerprint density at radius 3 is 2.86 bits per heavy atom. The van der Waals surface area contributed by atoms with Gasteiger partial charge in [0.1, 0.15) is 11.3 Å². The van der Waals surface area contributed by atoms with Crippen LogP contribution in [0.5, 0.6) is 5.75 Å². The van der Waals surface area contributed by atoms with Crippen LogP contribution in [0.2, 0.25) is 0 Å². The summed E-state index contributed by atoms with van der Waals surface area (Å²) in [5.74, 6) is -1.31. The fourth-order valence-corrected chi connectivity index (χ4v) is 1.97. The summed E-state index contributed by atoms with van der Waals surface area (Å²) in [6.07, 6.45) is 1.54. The molecule has 4 heteroatoms. The first-order chi connectivity index (χ1) is 6.61. The standard InChI is InChI=1S/C10H11NO3/c11-6-3-1-5-2-4-7(12)9(8(5)6)10(13)14/h2,4,6,12H,1,3,11H2,(H,13,14)/t6-/m0/s1. The Bertz CT molecular complexity index is 401. The molecule has 0 spiro atoms. The molecule has 0 aromatic heterocycles. The molecule has 0 radical (unpaired) electrons. The summed E-state index contributed by atoms with van der Waals surface area (Å²) in [5, 5.41) is 18.4. The highest BCUT2D eigenvalue weighted by molar-refractivity contribution is 5.93. The van der Waals surface area contributed by atoms with E-state index in [1.54, 1.807) is 6.07 Å². The second kappa shape index (κ2) is 2.99. The van der Waals surface area contributed by atoms with Crippen molar-refractivity contribution >= 4 is 5.97 Å². The Labute approximate surface area is 81.0 Å². The number of benzene rings is 1. The van der Waals surface area contributed by atoms with E-state index in [0.717, 1.165) is 18.4 Å². The van der Waals surface area contributed by atoms with Crippen LogP contribution in [0.3, 0.4) is 0 Å². The first kappa shape index (κ1) is 9.02. The molecule has 74 valence electrons. The molecule has 1 aromatic carbocycles. The van der Waals surface area contributed by atoms with Crippen molar-refractivity contribution in [3.63, 3.8) is 0 Å². The summed E-state index contributed by atoms with van der Waals surface area (Å²) in [6, 6.07) is 2.90. The number of hydrogen-bond acceptors (Lipinski definition) is 3. The van der Waals surface area contributed by atoms with E-state index < -0.39 is 5.97 Å². The average molecular weight is 193 g/mol. The number of aromatic hydroxyl groups is 1. The smallest absolute Gasteiger partial charge is 0.339 e. The average Bonchev–Trinajstić information content (AvgIpc) is 2.47. The molecule has 0 saturated carbocycles. The summed E-state index contributed by atoms with van der Waals surface area (Å²) in [5.41, 5.74) is 7.28. The monoisotopic (exact) mass is 193 g/mol. The first-order valence-electron chi connectivity index (χ1n) is 4.45. The van der Waals surface area contributed by atoms with Crippen LogP contribution >= 0.6 is 0 Å². The van der Waals surface area contributed by atoms with Crippen molar-refractivity contribution < 1.29 is 15.0 Å². The fraction of sp³-hybridized carbons (Fsp3) is 0.300. The van der Waals surface area contributed by atoms with E-state index in [1.165, 1.54) is 6.07 Å². The van der Waals surface area contributed by atoms with Crippen molar-refractivity contribution in [2.45, 2.75) is 18.9 Å². The Morgan fingerprint density at radius 1 is 1.50 bits per heavy atom. The Morgan fingerprint density at radius 2 is 2.21 bits per heavy atom. The van der Waals surface area contributed by atoms with Gasteiger partial charge >= 0.3 is 5.97 Å². The summed E-state index contributed by atoms with van der Waals surface area (Å²) in [6.45, 7) is 0. The van der Waals surface area contributed by atoms with Gasteiger partial charge in [-0.2, -0.15) is 0 Å². The van der Waals surface area contributed by atoms with Gasteiger partial charge in [0, 0.05) is 6.04 Å². The third-order valence-electron chi connectivity index (χ3n) is 2.62. The van der Waals surface area contributed by atoms with Gasteiger partial charge in [-0.05, 0) is 30.0 Å². The molecule has 1 aromatic rings. The van der Waals surface area contributed by atoms with Crippen molar-refractivity contribution in [1.82, 2.24) is 0 Å². The molecular formula is C10H11NO3.